The fraction of sp³-hybridized carbons (Fsp3) is 0.286. The molecule has 6 heteroatoms. The van der Waals surface area contributed by atoms with Gasteiger partial charge in [0.25, 0.3) is 0 Å². The maximum absolute atomic E-state index is 12.9. The maximum Gasteiger partial charge on any atom is 0.176 e. The third kappa shape index (κ3) is 7.91. The van der Waals surface area contributed by atoms with Gasteiger partial charge in [0.1, 0.15) is 18.1 Å². The van der Waals surface area contributed by atoms with Crippen molar-refractivity contribution < 1.29 is 14.3 Å². The monoisotopic (exact) mass is 476 g/mol. The Morgan fingerprint density at radius 1 is 1.03 bits per heavy atom. The molecule has 0 aliphatic carbocycles. The quantitative estimate of drug-likeness (QED) is 0.287. The molecule has 3 aromatic carbocycles. The molecule has 0 N–H and O–H groups in total. The molecule has 0 radical (unpaired) electrons. The van der Waals surface area contributed by atoms with Crippen LogP contribution in [0.1, 0.15) is 41.8 Å². The number of ketones is 1. The Balaban J connectivity index is 1.61. The number of carbonyl (C=O) groups excluding carboxylic acids is 1. The van der Waals surface area contributed by atoms with E-state index in [-0.39, 0.29) is 18.4 Å². The first-order valence-electron chi connectivity index (χ1n) is 11.3. The Hall–Kier alpha value is -3.33. The maximum atomic E-state index is 12.9. The molecule has 0 spiro atoms. The van der Waals surface area contributed by atoms with Crippen LogP contribution in [0.25, 0.3) is 0 Å². The normalized spacial score (nSPS) is 10.8. The summed E-state index contributed by atoms with van der Waals surface area (Å²) in [5, 5.41) is 9.46. The van der Waals surface area contributed by atoms with E-state index in [1.54, 1.807) is 18.2 Å². The van der Waals surface area contributed by atoms with Crippen molar-refractivity contribution in [2.24, 2.45) is 0 Å². The fourth-order valence-corrected chi connectivity index (χ4v) is 3.66. The Morgan fingerprint density at radius 3 is 2.41 bits per heavy atom. The molecule has 3 aromatic rings. The molecule has 0 unspecified atom stereocenters. The van der Waals surface area contributed by atoms with Gasteiger partial charge in [-0.05, 0) is 55.3 Å². The third-order valence-corrected chi connectivity index (χ3v) is 5.40. The van der Waals surface area contributed by atoms with Crippen LogP contribution >= 0.6 is 11.6 Å². The molecule has 0 bridgehead atoms. The summed E-state index contributed by atoms with van der Waals surface area (Å²) in [6.45, 7) is 5.58. The molecule has 0 saturated heterocycles. The van der Waals surface area contributed by atoms with Gasteiger partial charge in [0.15, 0.2) is 5.78 Å². The van der Waals surface area contributed by atoms with Crippen molar-refractivity contribution >= 4 is 17.4 Å². The van der Waals surface area contributed by atoms with E-state index in [1.165, 1.54) is 0 Å². The number of benzene rings is 3. The largest absolute Gasteiger partial charge is 0.489 e. The molecule has 0 atom stereocenters. The highest BCUT2D eigenvalue weighted by molar-refractivity contribution is 6.32. The van der Waals surface area contributed by atoms with Crippen LogP contribution in [-0.4, -0.2) is 29.9 Å². The van der Waals surface area contributed by atoms with Gasteiger partial charge >= 0.3 is 0 Å². The summed E-state index contributed by atoms with van der Waals surface area (Å²) in [4.78, 5) is 14.9. The molecule has 0 heterocycles. The van der Waals surface area contributed by atoms with Crippen LogP contribution in [0.3, 0.4) is 0 Å². The standard InChI is InChI=1S/C28H29ClN2O3/c1-21(2)34-28-14-11-24(17-26(28)29)27(32)19-31(16-6-15-30)18-22-9-12-25(13-10-22)33-20-23-7-4-3-5-8-23/h3-5,7-14,17,21H,6,16,18-20H2,1-2H3. The number of Topliss-reactive ketones (excluding diaryl/α,β-unsaturated/α-hetero) is 1. The third-order valence-electron chi connectivity index (χ3n) is 5.10. The van der Waals surface area contributed by atoms with Crippen LogP contribution in [0.4, 0.5) is 0 Å². The van der Waals surface area contributed by atoms with Crippen LogP contribution < -0.4 is 9.47 Å². The molecule has 5 nitrogen and oxygen atoms in total. The minimum Gasteiger partial charge on any atom is -0.489 e. The number of nitriles is 1. The molecule has 0 aliphatic heterocycles. The summed E-state index contributed by atoms with van der Waals surface area (Å²) in [5.74, 6) is 1.29. The van der Waals surface area contributed by atoms with E-state index in [2.05, 4.69) is 6.07 Å². The second-order valence-electron chi connectivity index (χ2n) is 8.27. The molecule has 0 amide bonds. The topological polar surface area (TPSA) is 62.6 Å². The van der Waals surface area contributed by atoms with Crippen LogP contribution in [0, 0.1) is 11.3 Å². The molecule has 0 saturated carbocycles. The first-order chi connectivity index (χ1) is 16.4. The summed E-state index contributed by atoms with van der Waals surface area (Å²) >= 11 is 6.30. The van der Waals surface area contributed by atoms with E-state index < -0.39 is 0 Å². The number of nitrogens with zero attached hydrogens (tertiary/aromatic N) is 2. The predicted octanol–water partition coefficient (Wildman–Crippen LogP) is 6.30. The van der Waals surface area contributed by atoms with Crippen LogP contribution in [-0.2, 0) is 13.2 Å². The molecule has 0 aliphatic rings. The van der Waals surface area contributed by atoms with Crippen LogP contribution in [0.5, 0.6) is 11.5 Å². The average molecular weight is 477 g/mol. The van der Waals surface area contributed by atoms with E-state index in [0.717, 1.165) is 16.9 Å². The lowest BCUT2D eigenvalue weighted by Crippen LogP contribution is -2.30. The number of hydrogen-bond donors (Lipinski definition) is 0. The minimum absolute atomic E-state index is 0.00403. The van der Waals surface area contributed by atoms with Gasteiger partial charge in [-0.1, -0.05) is 54.1 Å². The molecule has 176 valence electrons. The van der Waals surface area contributed by atoms with Gasteiger partial charge in [-0.2, -0.15) is 5.26 Å². The number of ether oxygens (including phenoxy) is 2. The molecule has 0 fully saturated rings. The highest BCUT2D eigenvalue weighted by atomic mass is 35.5. The van der Waals surface area contributed by atoms with Gasteiger partial charge in [-0.15, -0.1) is 0 Å². The van der Waals surface area contributed by atoms with Gasteiger partial charge in [-0.25, -0.2) is 0 Å². The van der Waals surface area contributed by atoms with Gasteiger partial charge in [0.2, 0.25) is 0 Å². The molecule has 3 rings (SSSR count). The van der Waals surface area contributed by atoms with Gasteiger partial charge in [-0.3, -0.25) is 9.69 Å². The van der Waals surface area contributed by atoms with Crippen molar-refractivity contribution in [3.05, 3.63) is 94.5 Å². The zero-order valence-corrected chi connectivity index (χ0v) is 20.3. The van der Waals surface area contributed by atoms with Crippen LogP contribution in [0.2, 0.25) is 5.02 Å². The van der Waals surface area contributed by atoms with E-state index in [1.807, 2.05) is 73.3 Å². The summed E-state index contributed by atoms with van der Waals surface area (Å²) in [6.07, 6.45) is 0.337. The summed E-state index contributed by atoms with van der Waals surface area (Å²) < 4.78 is 11.5. The van der Waals surface area contributed by atoms with Gasteiger partial charge in [0, 0.05) is 25.1 Å². The number of rotatable bonds is 12. The van der Waals surface area contributed by atoms with E-state index in [4.69, 9.17) is 26.3 Å². The second kappa shape index (κ2) is 12.8. The van der Waals surface area contributed by atoms with Crippen molar-refractivity contribution in [3.8, 4) is 17.6 Å². The number of hydrogen-bond acceptors (Lipinski definition) is 5. The first kappa shape index (κ1) is 25.3. The van der Waals surface area contributed by atoms with Crippen LogP contribution in [0.15, 0.2) is 72.8 Å². The highest BCUT2D eigenvalue weighted by Crippen LogP contribution is 2.27. The lowest BCUT2D eigenvalue weighted by Gasteiger charge is -2.21. The van der Waals surface area contributed by atoms with Crippen molar-refractivity contribution in [1.82, 2.24) is 4.90 Å². The Morgan fingerprint density at radius 2 is 1.76 bits per heavy atom. The smallest absolute Gasteiger partial charge is 0.176 e. The van der Waals surface area contributed by atoms with E-state index in [0.29, 0.717) is 42.5 Å². The SMILES string of the molecule is CC(C)Oc1ccc(C(=O)CN(CCC#N)Cc2ccc(OCc3ccccc3)cc2)cc1Cl. The van der Waals surface area contributed by atoms with Crippen molar-refractivity contribution in [2.45, 2.75) is 39.5 Å². The van der Waals surface area contributed by atoms with Gasteiger partial charge in [0.05, 0.1) is 23.7 Å². The van der Waals surface area contributed by atoms with Crippen molar-refractivity contribution in [1.29, 1.82) is 5.26 Å². The second-order valence-corrected chi connectivity index (χ2v) is 8.68. The zero-order chi connectivity index (χ0) is 24.3. The number of carbonyl (C=O) groups is 1. The highest BCUT2D eigenvalue weighted by Gasteiger charge is 2.15. The Labute approximate surface area is 206 Å². The molecule has 0 aromatic heterocycles. The van der Waals surface area contributed by atoms with Crippen molar-refractivity contribution in [3.63, 3.8) is 0 Å². The summed E-state index contributed by atoms with van der Waals surface area (Å²) in [6, 6.07) is 25.1. The minimum atomic E-state index is -0.0567. The lowest BCUT2D eigenvalue weighted by atomic mass is 10.1. The first-order valence-corrected chi connectivity index (χ1v) is 11.7. The molecular formula is C28H29ClN2O3. The molecule has 34 heavy (non-hydrogen) atoms. The Kier molecular flexibility index (Phi) is 9.51. The fourth-order valence-electron chi connectivity index (χ4n) is 3.43. The summed E-state index contributed by atoms with van der Waals surface area (Å²) in [7, 11) is 0. The molecular weight excluding hydrogens is 448 g/mol. The number of halogens is 1. The zero-order valence-electron chi connectivity index (χ0n) is 19.5. The van der Waals surface area contributed by atoms with Crippen molar-refractivity contribution in [2.75, 3.05) is 13.1 Å². The lowest BCUT2D eigenvalue weighted by molar-refractivity contribution is 0.0927. The predicted molar refractivity (Wildman–Crippen MR) is 134 cm³/mol. The van der Waals surface area contributed by atoms with E-state index in [9.17, 15) is 4.79 Å². The van der Waals surface area contributed by atoms with Gasteiger partial charge < -0.3 is 9.47 Å². The Bertz CT molecular complexity index is 1110. The van der Waals surface area contributed by atoms with E-state index >= 15 is 0 Å². The average Bonchev–Trinajstić information content (AvgIpc) is 2.83. The summed E-state index contributed by atoms with van der Waals surface area (Å²) in [5.41, 5.74) is 2.67.